The van der Waals surface area contributed by atoms with Crippen molar-refractivity contribution in [2.45, 2.75) is 0 Å². The third-order valence-corrected chi connectivity index (χ3v) is 11.2. The summed E-state index contributed by atoms with van der Waals surface area (Å²) in [4.78, 5) is 9.33. The van der Waals surface area contributed by atoms with Crippen LogP contribution >= 0.6 is 0 Å². The van der Waals surface area contributed by atoms with Crippen LogP contribution in [-0.2, 0) is 0 Å². The molecule has 0 saturated carbocycles. The molecular formula is C50H32N6. The van der Waals surface area contributed by atoms with E-state index >= 15 is 0 Å². The number of rotatable bonds is 5. The van der Waals surface area contributed by atoms with Gasteiger partial charge in [0.25, 0.3) is 0 Å². The van der Waals surface area contributed by atoms with Gasteiger partial charge in [-0.25, -0.2) is 9.97 Å². The average molecular weight is 717 g/mol. The molecule has 0 bridgehead atoms. The van der Waals surface area contributed by atoms with Gasteiger partial charge in [-0.1, -0.05) is 72.8 Å². The molecule has 12 rings (SSSR count). The normalized spacial score (nSPS) is 11.9. The quantitative estimate of drug-likeness (QED) is 0.178. The molecule has 6 heteroatoms. The monoisotopic (exact) mass is 716 g/mol. The third-order valence-electron chi connectivity index (χ3n) is 11.2. The summed E-state index contributed by atoms with van der Waals surface area (Å²) >= 11 is 0. The van der Waals surface area contributed by atoms with Gasteiger partial charge >= 0.3 is 0 Å². The van der Waals surface area contributed by atoms with Gasteiger partial charge in [0.15, 0.2) is 0 Å². The van der Waals surface area contributed by atoms with Crippen molar-refractivity contribution in [3.63, 3.8) is 0 Å². The first-order valence-corrected chi connectivity index (χ1v) is 18.9. The smallest absolute Gasteiger partial charge is 0.137 e. The highest BCUT2D eigenvalue weighted by Gasteiger charge is 2.18. The van der Waals surface area contributed by atoms with Gasteiger partial charge in [-0.15, -0.1) is 0 Å². The topological polar surface area (TPSA) is 44.5 Å². The lowest BCUT2D eigenvalue weighted by Gasteiger charge is -2.16. The summed E-state index contributed by atoms with van der Waals surface area (Å²) in [5.74, 6) is 0. The molecule has 0 radical (unpaired) electrons. The van der Waals surface area contributed by atoms with Gasteiger partial charge in [0.05, 0.1) is 22.1 Å². The average Bonchev–Trinajstić information content (AvgIpc) is 4.04. The maximum Gasteiger partial charge on any atom is 0.137 e. The van der Waals surface area contributed by atoms with Crippen LogP contribution in [0.3, 0.4) is 0 Å². The van der Waals surface area contributed by atoms with Gasteiger partial charge in [0.1, 0.15) is 11.3 Å². The maximum atomic E-state index is 4.66. The summed E-state index contributed by atoms with van der Waals surface area (Å²) in [5.41, 5.74) is 15.4. The van der Waals surface area contributed by atoms with Crippen LogP contribution in [0.15, 0.2) is 195 Å². The van der Waals surface area contributed by atoms with Gasteiger partial charge in [-0.3, -0.25) is 0 Å². The van der Waals surface area contributed by atoms with E-state index in [-0.39, 0.29) is 0 Å². The zero-order chi connectivity index (χ0) is 36.7. The van der Waals surface area contributed by atoms with Gasteiger partial charge in [-0.05, 0) is 107 Å². The lowest BCUT2D eigenvalue weighted by atomic mass is 9.95. The molecule has 0 amide bonds. The van der Waals surface area contributed by atoms with E-state index in [1.807, 2.05) is 24.5 Å². The van der Waals surface area contributed by atoms with Crippen molar-refractivity contribution in [3.8, 4) is 44.8 Å². The van der Waals surface area contributed by atoms with Crippen LogP contribution in [0.5, 0.6) is 0 Å². The van der Waals surface area contributed by atoms with Crippen molar-refractivity contribution in [2.75, 3.05) is 0 Å². The van der Waals surface area contributed by atoms with Crippen molar-refractivity contribution in [3.05, 3.63) is 195 Å². The molecule has 0 N–H and O–H groups in total. The number of aromatic nitrogens is 6. The van der Waals surface area contributed by atoms with E-state index in [9.17, 15) is 0 Å². The summed E-state index contributed by atoms with van der Waals surface area (Å²) in [7, 11) is 0. The van der Waals surface area contributed by atoms with Crippen LogP contribution < -0.4 is 0 Å². The molecule has 6 heterocycles. The second kappa shape index (κ2) is 11.9. The molecular weight excluding hydrogens is 685 g/mol. The predicted molar refractivity (Wildman–Crippen MR) is 229 cm³/mol. The second-order valence-corrected chi connectivity index (χ2v) is 14.5. The van der Waals surface area contributed by atoms with E-state index in [1.165, 1.54) is 43.6 Å². The molecule has 0 atom stereocenters. The van der Waals surface area contributed by atoms with E-state index in [0.717, 1.165) is 56.0 Å². The first kappa shape index (κ1) is 30.7. The fourth-order valence-corrected chi connectivity index (χ4v) is 8.75. The maximum absolute atomic E-state index is 4.66. The fraction of sp³-hybridized carbons (Fsp3) is 0. The van der Waals surface area contributed by atoms with E-state index in [2.05, 4.69) is 198 Å². The van der Waals surface area contributed by atoms with Crippen molar-refractivity contribution in [2.24, 2.45) is 0 Å². The summed E-state index contributed by atoms with van der Waals surface area (Å²) < 4.78 is 9.01. The SMILES string of the molecule is c1ccc2c(c1)c1ccccc1n2-c1cc(-c2cc(-c3cc4ncccn4c3)cc(-n3c4ccccc4c4ccccc43)c2)cc(-c2cc3ncccn3c2)c1. The predicted octanol–water partition coefficient (Wildman–Crippen LogP) is 12.2. The molecule has 0 unspecified atom stereocenters. The van der Waals surface area contributed by atoms with Crippen molar-refractivity contribution < 1.29 is 0 Å². The minimum Gasteiger partial charge on any atom is -0.309 e. The van der Waals surface area contributed by atoms with Crippen molar-refractivity contribution in [1.82, 2.24) is 27.9 Å². The minimum atomic E-state index is 0.913. The molecule has 12 aromatic rings. The lowest BCUT2D eigenvalue weighted by Crippen LogP contribution is -1.98. The Labute approximate surface area is 321 Å². The summed E-state index contributed by atoms with van der Waals surface area (Å²) in [6.45, 7) is 0. The van der Waals surface area contributed by atoms with E-state index < -0.39 is 0 Å². The van der Waals surface area contributed by atoms with Gasteiger partial charge in [0.2, 0.25) is 0 Å². The molecule has 0 aliphatic heterocycles. The lowest BCUT2D eigenvalue weighted by molar-refractivity contribution is 1.13. The van der Waals surface area contributed by atoms with Crippen molar-refractivity contribution >= 4 is 54.9 Å². The molecule has 0 aliphatic carbocycles. The van der Waals surface area contributed by atoms with Crippen LogP contribution in [0.2, 0.25) is 0 Å². The number of hydrogen-bond donors (Lipinski definition) is 0. The van der Waals surface area contributed by atoms with Gasteiger partial charge < -0.3 is 17.9 Å². The van der Waals surface area contributed by atoms with Crippen LogP contribution in [-0.4, -0.2) is 27.9 Å². The van der Waals surface area contributed by atoms with Crippen LogP contribution in [0, 0.1) is 0 Å². The Hall–Kier alpha value is -7.70. The highest BCUT2D eigenvalue weighted by molar-refractivity contribution is 6.10. The molecule has 0 fully saturated rings. The number of nitrogens with zero attached hydrogens (tertiary/aromatic N) is 6. The Morgan fingerprint density at radius 1 is 0.321 bits per heavy atom. The molecule has 262 valence electrons. The van der Waals surface area contributed by atoms with Crippen LogP contribution in [0.25, 0.3) is 99.7 Å². The minimum absolute atomic E-state index is 0.913. The number of benzene rings is 6. The fourth-order valence-electron chi connectivity index (χ4n) is 8.75. The Morgan fingerprint density at radius 2 is 0.661 bits per heavy atom. The zero-order valence-electron chi connectivity index (χ0n) is 30.2. The highest BCUT2D eigenvalue weighted by atomic mass is 15.0. The second-order valence-electron chi connectivity index (χ2n) is 14.5. The summed E-state index contributed by atoms with van der Waals surface area (Å²) in [5, 5.41) is 4.94. The molecule has 0 aliphatic rings. The molecule has 0 saturated heterocycles. The van der Waals surface area contributed by atoms with Crippen LogP contribution in [0.4, 0.5) is 0 Å². The van der Waals surface area contributed by atoms with Gasteiger partial charge in [-0.2, -0.15) is 0 Å². The van der Waals surface area contributed by atoms with Gasteiger partial charge in [0, 0.05) is 81.2 Å². The van der Waals surface area contributed by atoms with E-state index in [1.54, 1.807) is 0 Å². The van der Waals surface area contributed by atoms with Crippen molar-refractivity contribution in [1.29, 1.82) is 0 Å². The number of para-hydroxylation sites is 4. The Morgan fingerprint density at radius 3 is 1.02 bits per heavy atom. The summed E-state index contributed by atoms with van der Waals surface area (Å²) in [6, 6.07) is 57.1. The number of hydrogen-bond acceptors (Lipinski definition) is 2. The molecule has 6 aromatic carbocycles. The molecule has 6 nitrogen and oxygen atoms in total. The number of fused-ring (bicyclic) bond motifs is 8. The first-order valence-electron chi connectivity index (χ1n) is 18.9. The first-order chi connectivity index (χ1) is 27.7. The molecule has 0 spiro atoms. The summed E-state index contributed by atoms with van der Waals surface area (Å²) in [6.07, 6.45) is 12.2. The molecule has 6 aromatic heterocycles. The zero-order valence-corrected chi connectivity index (χ0v) is 30.2. The van der Waals surface area contributed by atoms with E-state index in [4.69, 9.17) is 0 Å². The standard InChI is InChI=1S/C50H32N6/c1-5-15-45-41(11-1)42-12-2-6-16-46(42)55(45)39-25-33(23-35(27-39)37-29-49-51-19-9-21-53(49)31-37)34-24-36(38-30-50-52-20-10-22-54(50)32-38)28-40(26-34)56-47-17-7-3-13-43(47)44-14-4-8-18-48(44)56/h1-32H. The highest BCUT2D eigenvalue weighted by Crippen LogP contribution is 2.40. The van der Waals surface area contributed by atoms with Crippen LogP contribution in [0.1, 0.15) is 0 Å². The largest absolute Gasteiger partial charge is 0.309 e. The third kappa shape index (κ3) is 4.69. The molecule has 56 heavy (non-hydrogen) atoms. The van der Waals surface area contributed by atoms with E-state index in [0.29, 0.717) is 0 Å². The Bertz CT molecular complexity index is 3100. The Kier molecular flexibility index (Phi) is 6.53. The Balaban J connectivity index is 1.17.